The van der Waals surface area contributed by atoms with Crippen molar-refractivity contribution in [2.24, 2.45) is 0 Å². The zero-order chi connectivity index (χ0) is 14.4. The fourth-order valence-corrected chi connectivity index (χ4v) is 2.07. The summed E-state index contributed by atoms with van der Waals surface area (Å²) in [7, 11) is 0. The summed E-state index contributed by atoms with van der Waals surface area (Å²) < 4.78 is 19.2. The minimum Gasteiger partial charge on any atom is -0.489 e. The molecular weight excluding hydrogens is 253 g/mol. The van der Waals surface area contributed by atoms with E-state index in [1.807, 2.05) is 24.3 Å². The zero-order valence-corrected chi connectivity index (χ0v) is 11.9. The van der Waals surface area contributed by atoms with Gasteiger partial charge in [0.15, 0.2) is 0 Å². The van der Waals surface area contributed by atoms with Crippen LogP contribution in [0.25, 0.3) is 0 Å². The number of benzene rings is 2. The first-order valence-electron chi connectivity index (χ1n) is 6.90. The van der Waals surface area contributed by atoms with Crippen molar-refractivity contribution in [3.8, 4) is 5.75 Å². The third kappa shape index (κ3) is 3.81. The van der Waals surface area contributed by atoms with Crippen LogP contribution in [0.4, 0.5) is 4.39 Å². The fourth-order valence-electron chi connectivity index (χ4n) is 2.07. The van der Waals surface area contributed by atoms with Gasteiger partial charge in [-0.25, -0.2) is 4.39 Å². The Labute approximate surface area is 119 Å². The van der Waals surface area contributed by atoms with E-state index in [0.29, 0.717) is 5.56 Å². The van der Waals surface area contributed by atoms with Crippen molar-refractivity contribution in [2.75, 3.05) is 6.54 Å². The molecule has 0 fully saturated rings. The second-order valence-electron chi connectivity index (χ2n) is 4.73. The van der Waals surface area contributed by atoms with Crippen molar-refractivity contribution >= 4 is 0 Å². The van der Waals surface area contributed by atoms with Crippen molar-refractivity contribution in [3.63, 3.8) is 0 Å². The van der Waals surface area contributed by atoms with Gasteiger partial charge >= 0.3 is 0 Å². The van der Waals surface area contributed by atoms with Gasteiger partial charge in [-0.15, -0.1) is 0 Å². The predicted octanol–water partition coefficient (Wildman–Crippen LogP) is 4.08. The molecule has 1 atom stereocenters. The topological polar surface area (TPSA) is 21.3 Å². The van der Waals surface area contributed by atoms with Crippen LogP contribution in [0.1, 0.15) is 31.0 Å². The standard InChI is InChI=1S/C17H20FNO/c1-3-19-13(2)14-8-6-9-16(11-14)20-12-15-7-4-5-10-17(15)18/h4-11,13,19H,3,12H2,1-2H3. The number of ether oxygens (including phenoxy) is 1. The molecule has 1 unspecified atom stereocenters. The number of halogens is 1. The molecule has 2 nitrogen and oxygen atoms in total. The number of nitrogens with one attached hydrogen (secondary N) is 1. The van der Waals surface area contributed by atoms with Crippen LogP contribution in [-0.4, -0.2) is 6.54 Å². The van der Waals surface area contributed by atoms with Crippen molar-refractivity contribution in [1.82, 2.24) is 5.32 Å². The molecule has 0 aliphatic carbocycles. The third-order valence-corrected chi connectivity index (χ3v) is 3.22. The highest BCUT2D eigenvalue weighted by Crippen LogP contribution is 2.20. The van der Waals surface area contributed by atoms with Crippen LogP contribution in [0.5, 0.6) is 5.75 Å². The smallest absolute Gasteiger partial charge is 0.129 e. The molecule has 0 amide bonds. The first-order chi connectivity index (χ1) is 9.70. The summed E-state index contributed by atoms with van der Waals surface area (Å²) in [6.45, 7) is 5.35. The molecule has 0 aliphatic heterocycles. The van der Waals surface area contributed by atoms with E-state index in [1.165, 1.54) is 6.07 Å². The van der Waals surface area contributed by atoms with Gasteiger partial charge in [-0.1, -0.05) is 37.3 Å². The quantitative estimate of drug-likeness (QED) is 0.856. The zero-order valence-electron chi connectivity index (χ0n) is 11.9. The van der Waals surface area contributed by atoms with E-state index in [0.717, 1.165) is 17.9 Å². The summed E-state index contributed by atoms with van der Waals surface area (Å²) in [6, 6.07) is 14.9. The van der Waals surface area contributed by atoms with Crippen LogP contribution in [-0.2, 0) is 6.61 Å². The minimum atomic E-state index is -0.232. The lowest BCUT2D eigenvalue weighted by Gasteiger charge is -2.14. The van der Waals surface area contributed by atoms with E-state index in [4.69, 9.17) is 4.74 Å². The van der Waals surface area contributed by atoms with E-state index < -0.39 is 0 Å². The van der Waals surface area contributed by atoms with E-state index >= 15 is 0 Å². The average Bonchev–Trinajstić information content (AvgIpc) is 2.47. The van der Waals surface area contributed by atoms with Crippen molar-refractivity contribution < 1.29 is 9.13 Å². The summed E-state index contributed by atoms with van der Waals surface area (Å²) in [6.07, 6.45) is 0. The van der Waals surface area contributed by atoms with Crippen LogP contribution in [0, 0.1) is 5.82 Å². The molecule has 106 valence electrons. The lowest BCUT2D eigenvalue weighted by molar-refractivity contribution is 0.299. The van der Waals surface area contributed by atoms with Crippen molar-refractivity contribution in [2.45, 2.75) is 26.5 Å². The molecule has 0 aromatic heterocycles. The lowest BCUT2D eigenvalue weighted by Crippen LogP contribution is -2.17. The Morgan fingerprint density at radius 2 is 1.95 bits per heavy atom. The van der Waals surface area contributed by atoms with Gasteiger partial charge in [-0.2, -0.15) is 0 Å². The molecule has 1 N–H and O–H groups in total. The Morgan fingerprint density at radius 1 is 1.15 bits per heavy atom. The average molecular weight is 273 g/mol. The van der Waals surface area contributed by atoms with Gasteiger partial charge in [-0.3, -0.25) is 0 Å². The van der Waals surface area contributed by atoms with Gasteiger partial charge in [-0.05, 0) is 37.2 Å². The molecule has 2 aromatic carbocycles. The van der Waals surface area contributed by atoms with Gasteiger partial charge in [0.05, 0.1) is 0 Å². The molecule has 0 aliphatic rings. The van der Waals surface area contributed by atoms with Crippen molar-refractivity contribution in [3.05, 3.63) is 65.5 Å². The van der Waals surface area contributed by atoms with Crippen LogP contribution in [0.3, 0.4) is 0 Å². The monoisotopic (exact) mass is 273 g/mol. The van der Waals surface area contributed by atoms with Crippen LogP contribution in [0.15, 0.2) is 48.5 Å². The van der Waals surface area contributed by atoms with Crippen LogP contribution >= 0.6 is 0 Å². The molecule has 0 bridgehead atoms. The molecule has 0 heterocycles. The maximum atomic E-state index is 13.5. The predicted molar refractivity (Wildman–Crippen MR) is 79.3 cm³/mol. The van der Waals surface area contributed by atoms with Crippen LogP contribution in [0.2, 0.25) is 0 Å². The highest BCUT2D eigenvalue weighted by Gasteiger charge is 2.06. The van der Waals surface area contributed by atoms with E-state index in [9.17, 15) is 4.39 Å². The Kier molecular flexibility index (Phi) is 5.13. The maximum absolute atomic E-state index is 13.5. The Morgan fingerprint density at radius 3 is 2.70 bits per heavy atom. The first-order valence-corrected chi connectivity index (χ1v) is 6.90. The highest BCUT2D eigenvalue weighted by atomic mass is 19.1. The lowest BCUT2D eigenvalue weighted by atomic mass is 10.1. The van der Waals surface area contributed by atoms with Crippen molar-refractivity contribution in [1.29, 1.82) is 0 Å². The molecule has 20 heavy (non-hydrogen) atoms. The molecule has 2 aromatic rings. The molecule has 0 radical (unpaired) electrons. The van der Waals surface area contributed by atoms with Gasteiger partial charge in [0, 0.05) is 11.6 Å². The highest BCUT2D eigenvalue weighted by molar-refractivity contribution is 5.30. The summed E-state index contributed by atoms with van der Waals surface area (Å²) in [5.74, 6) is 0.528. The molecule has 2 rings (SSSR count). The van der Waals surface area contributed by atoms with E-state index in [2.05, 4.69) is 25.2 Å². The summed E-state index contributed by atoms with van der Waals surface area (Å²) in [4.78, 5) is 0. The second-order valence-corrected chi connectivity index (χ2v) is 4.73. The molecule has 0 saturated heterocycles. The molecule has 3 heteroatoms. The minimum absolute atomic E-state index is 0.232. The summed E-state index contributed by atoms with van der Waals surface area (Å²) >= 11 is 0. The Bertz CT molecular complexity index is 556. The number of hydrogen-bond donors (Lipinski definition) is 1. The van der Waals surface area contributed by atoms with Gasteiger partial charge < -0.3 is 10.1 Å². The maximum Gasteiger partial charge on any atom is 0.129 e. The third-order valence-electron chi connectivity index (χ3n) is 3.22. The van der Waals surface area contributed by atoms with Gasteiger partial charge in [0.2, 0.25) is 0 Å². The largest absolute Gasteiger partial charge is 0.489 e. The SMILES string of the molecule is CCNC(C)c1cccc(OCc2ccccc2F)c1. The van der Waals surface area contributed by atoms with Crippen LogP contribution < -0.4 is 10.1 Å². The van der Waals surface area contributed by atoms with Gasteiger partial charge in [0.25, 0.3) is 0 Å². The van der Waals surface area contributed by atoms with Gasteiger partial charge in [0.1, 0.15) is 18.2 Å². The fraction of sp³-hybridized carbons (Fsp3) is 0.294. The number of hydrogen-bond acceptors (Lipinski definition) is 2. The molecule has 0 spiro atoms. The van der Waals surface area contributed by atoms with E-state index in [-0.39, 0.29) is 18.5 Å². The summed E-state index contributed by atoms with van der Waals surface area (Å²) in [5.41, 5.74) is 1.73. The molecule has 0 saturated carbocycles. The Balaban J connectivity index is 2.03. The first kappa shape index (κ1) is 14.5. The summed E-state index contributed by atoms with van der Waals surface area (Å²) in [5, 5.41) is 3.36. The number of rotatable bonds is 6. The van der Waals surface area contributed by atoms with E-state index in [1.54, 1.807) is 12.1 Å². The normalized spacial score (nSPS) is 12.2. The second kappa shape index (κ2) is 7.06. The molecular formula is C17H20FNO. The Hall–Kier alpha value is -1.87.